The van der Waals surface area contributed by atoms with Gasteiger partial charge in [-0.25, -0.2) is 4.79 Å². The van der Waals surface area contributed by atoms with Crippen molar-refractivity contribution in [2.45, 2.75) is 46.6 Å². The van der Waals surface area contributed by atoms with Crippen LogP contribution in [0.2, 0.25) is 0 Å². The Labute approximate surface area is 146 Å². The summed E-state index contributed by atoms with van der Waals surface area (Å²) >= 11 is 1.23. The van der Waals surface area contributed by atoms with Crippen molar-refractivity contribution in [3.05, 3.63) is 30.1 Å². The van der Waals surface area contributed by atoms with Crippen LogP contribution < -0.4 is 10.1 Å². The van der Waals surface area contributed by atoms with Crippen LogP contribution >= 0.6 is 11.5 Å². The molecule has 1 aromatic carbocycles. The van der Waals surface area contributed by atoms with Crippen molar-refractivity contribution < 1.29 is 14.3 Å². The quantitative estimate of drug-likeness (QED) is 0.833. The van der Waals surface area contributed by atoms with E-state index < -0.39 is 11.7 Å². The minimum Gasteiger partial charge on any atom is -0.444 e. The van der Waals surface area contributed by atoms with Gasteiger partial charge in [-0.3, -0.25) is 5.32 Å². The average Bonchev–Trinajstić information content (AvgIpc) is 2.85. The second kappa shape index (κ2) is 7.61. The van der Waals surface area contributed by atoms with Crippen molar-refractivity contribution in [2.75, 3.05) is 5.32 Å². The van der Waals surface area contributed by atoms with E-state index in [4.69, 9.17) is 9.47 Å². The molecule has 2 rings (SSSR count). The summed E-state index contributed by atoms with van der Waals surface area (Å²) in [5.41, 5.74) is 0.105. The molecule has 130 valence electrons. The molecular weight excluding hydrogens is 326 g/mol. The number of hydrogen-bond donors (Lipinski definition) is 1. The Morgan fingerprint density at radius 3 is 2.50 bits per heavy atom. The molecule has 7 heteroatoms. The second-order valence-electron chi connectivity index (χ2n) is 6.83. The highest BCUT2D eigenvalue weighted by molar-refractivity contribution is 7.07. The normalized spacial score (nSPS) is 11.4. The lowest BCUT2D eigenvalue weighted by atomic mass is 10.1. The lowest BCUT2D eigenvalue weighted by Crippen LogP contribution is -2.27. The number of ether oxygens (including phenoxy) is 2. The number of nitrogens with one attached hydrogen (secondary N) is 1. The summed E-state index contributed by atoms with van der Waals surface area (Å²) in [6.07, 6.45) is 0.345. The summed E-state index contributed by atoms with van der Waals surface area (Å²) in [6, 6.07) is 7.01. The number of anilines is 1. The van der Waals surface area contributed by atoms with Gasteiger partial charge in [0.1, 0.15) is 17.2 Å². The molecule has 1 aromatic heterocycles. The number of hydrogen-bond acceptors (Lipinski definition) is 6. The van der Waals surface area contributed by atoms with Gasteiger partial charge in [0.15, 0.2) is 0 Å². The van der Waals surface area contributed by atoms with E-state index in [1.54, 1.807) is 24.3 Å². The van der Waals surface area contributed by atoms with E-state index >= 15 is 0 Å². The second-order valence-corrected chi connectivity index (χ2v) is 7.54. The molecule has 0 bridgehead atoms. The van der Waals surface area contributed by atoms with Gasteiger partial charge in [0.25, 0.3) is 5.19 Å². The monoisotopic (exact) mass is 349 g/mol. The smallest absolute Gasteiger partial charge is 0.412 e. The lowest BCUT2D eigenvalue weighted by Gasteiger charge is -2.19. The maximum absolute atomic E-state index is 11.7. The molecular formula is C17H23N3O3S. The van der Waals surface area contributed by atoms with Gasteiger partial charge in [-0.2, -0.15) is 9.36 Å². The fraction of sp³-hybridized carbons (Fsp3) is 0.471. The van der Waals surface area contributed by atoms with Crippen LogP contribution in [0.25, 0.3) is 0 Å². The highest BCUT2D eigenvalue weighted by Gasteiger charge is 2.16. The molecule has 1 amide bonds. The molecule has 0 saturated heterocycles. The maximum atomic E-state index is 11.7. The van der Waals surface area contributed by atoms with Crippen molar-refractivity contribution in [1.29, 1.82) is 0 Å². The Balaban J connectivity index is 1.92. The minimum atomic E-state index is -0.529. The van der Waals surface area contributed by atoms with Gasteiger partial charge in [-0.05, 0) is 51.0 Å². The van der Waals surface area contributed by atoms with E-state index in [-0.39, 0.29) is 0 Å². The minimum absolute atomic E-state index is 0.487. The molecule has 1 N–H and O–H groups in total. The third-order valence-corrected chi connectivity index (χ3v) is 3.38. The highest BCUT2D eigenvalue weighted by atomic mass is 32.1. The molecule has 0 radical (unpaired) electrons. The topological polar surface area (TPSA) is 73.3 Å². The number of carbonyl (C=O) groups is 1. The van der Waals surface area contributed by atoms with Crippen LogP contribution in [0.1, 0.15) is 40.4 Å². The number of nitrogens with zero attached hydrogens (tertiary/aromatic N) is 2. The first-order valence-corrected chi connectivity index (χ1v) is 8.59. The highest BCUT2D eigenvalue weighted by Crippen LogP contribution is 2.25. The van der Waals surface area contributed by atoms with Crippen LogP contribution in [-0.4, -0.2) is 21.1 Å². The summed E-state index contributed by atoms with van der Waals surface area (Å²) in [5.74, 6) is 1.94. The first kappa shape index (κ1) is 18.2. The van der Waals surface area contributed by atoms with Gasteiger partial charge in [0, 0.05) is 23.6 Å². The predicted molar refractivity (Wildman–Crippen MR) is 94.8 cm³/mol. The summed E-state index contributed by atoms with van der Waals surface area (Å²) in [7, 11) is 0. The standard InChI is InChI=1S/C17H23N3O3S/c1-11(2)10-14-19-16(24-20-14)22-13-8-6-12(7-9-13)18-15(21)23-17(3,4)5/h6-9,11H,10H2,1-5H3,(H,18,21). The number of carbonyl (C=O) groups excluding carboxylic acids is 1. The number of rotatable bonds is 5. The van der Waals surface area contributed by atoms with Crippen molar-refractivity contribution in [3.8, 4) is 10.9 Å². The fourth-order valence-corrected chi connectivity index (χ4v) is 2.43. The van der Waals surface area contributed by atoms with Gasteiger partial charge in [-0.15, -0.1) is 0 Å². The van der Waals surface area contributed by atoms with Crippen LogP contribution in [0.3, 0.4) is 0 Å². The summed E-state index contributed by atoms with van der Waals surface area (Å²) in [6.45, 7) is 9.70. The van der Waals surface area contributed by atoms with Gasteiger partial charge < -0.3 is 9.47 Å². The lowest BCUT2D eigenvalue weighted by molar-refractivity contribution is 0.0636. The number of aromatic nitrogens is 2. The van der Waals surface area contributed by atoms with Crippen molar-refractivity contribution in [2.24, 2.45) is 5.92 Å². The number of benzene rings is 1. The summed E-state index contributed by atoms with van der Waals surface area (Å²) < 4.78 is 15.2. The Morgan fingerprint density at radius 2 is 1.92 bits per heavy atom. The molecule has 0 aliphatic heterocycles. The molecule has 6 nitrogen and oxygen atoms in total. The van der Waals surface area contributed by atoms with Crippen LogP contribution in [0.4, 0.5) is 10.5 Å². The zero-order valence-corrected chi connectivity index (χ0v) is 15.4. The SMILES string of the molecule is CC(C)Cc1nsc(Oc2ccc(NC(=O)OC(C)(C)C)cc2)n1. The van der Waals surface area contributed by atoms with E-state index in [2.05, 4.69) is 28.5 Å². The molecule has 0 spiro atoms. The van der Waals surface area contributed by atoms with Gasteiger partial charge in [0.2, 0.25) is 0 Å². The first-order valence-electron chi connectivity index (χ1n) is 7.82. The molecule has 2 aromatic rings. The molecule has 24 heavy (non-hydrogen) atoms. The van der Waals surface area contributed by atoms with Crippen LogP contribution in [0.5, 0.6) is 10.9 Å². The molecule has 0 unspecified atom stereocenters. The third-order valence-electron chi connectivity index (χ3n) is 2.75. The van der Waals surface area contributed by atoms with Gasteiger partial charge in [-0.1, -0.05) is 13.8 Å². The van der Waals surface area contributed by atoms with E-state index in [0.29, 0.717) is 22.5 Å². The van der Waals surface area contributed by atoms with Crippen LogP contribution in [0, 0.1) is 5.92 Å². The zero-order chi connectivity index (χ0) is 17.7. The summed E-state index contributed by atoms with van der Waals surface area (Å²) in [5, 5.41) is 3.19. The molecule has 1 heterocycles. The zero-order valence-electron chi connectivity index (χ0n) is 14.6. The van der Waals surface area contributed by atoms with Crippen molar-refractivity contribution >= 4 is 23.3 Å². The maximum Gasteiger partial charge on any atom is 0.412 e. The largest absolute Gasteiger partial charge is 0.444 e. The van der Waals surface area contributed by atoms with E-state index in [9.17, 15) is 4.79 Å². The predicted octanol–water partition coefficient (Wildman–Crippen LogP) is 4.88. The Kier molecular flexibility index (Phi) is 5.77. The van der Waals surface area contributed by atoms with E-state index in [1.165, 1.54) is 11.5 Å². The Morgan fingerprint density at radius 1 is 1.25 bits per heavy atom. The van der Waals surface area contributed by atoms with Gasteiger partial charge >= 0.3 is 6.09 Å². The summed E-state index contributed by atoms with van der Waals surface area (Å²) in [4.78, 5) is 16.1. The molecule has 0 aliphatic rings. The fourth-order valence-electron chi connectivity index (χ4n) is 1.86. The van der Waals surface area contributed by atoms with Gasteiger partial charge in [0.05, 0.1) is 0 Å². The number of amides is 1. The average molecular weight is 349 g/mol. The molecule has 0 aliphatic carbocycles. The Bertz CT molecular complexity index is 675. The first-order chi connectivity index (χ1) is 11.2. The molecule has 0 atom stereocenters. The molecule has 0 fully saturated rings. The third kappa shape index (κ3) is 6.16. The van der Waals surface area contributed by atoms with Crippen LogP contribution in [-0.2, 0) is 11.2 Å². The Hall–Kier alpha value is -2.15. The van der Waals surface area contributed by atoms with Crippen molar-refractivity contribution in [3.63, 3.8) is 0 Å². The van der Waals surface area contributed by atoms with Crippen LogP contribution in [0.15, 0.2) is 24.3 Å². The van der Waals surface area contributed by atoms with Crippen molar-refractivity contribution in [1.82, 2.24) is 9.36 Å². The van der Waals surface area contributed by atoms with E-state index in [0.717, 1.165) is 12.2 Å². The van der Waals surface area contributed by atoms with E-state index in [1.807, 2.05) is 20.8 Å². The molecule has 0 saturated carbocycles.